The molecule has 0 aromatic heterocycles. The molecule has 0 saturated carbocycles. The van der Waals surface area contributed by atoms with Crippen molar-refractivity contribution >= 4 is 23.0 Å². The fourth-order valence-corrected chi connectivity index (χ4v) is 2.02. The summed E-state index contributed by atoms with van der Waals surface area (Å²) in [6, 6.07) is 3.69. The van der Waals surface area contributed by atoms with Crippen LogP contribution < -0.4 is 0 Å². The fourth-order valence-electron chi connectivity index (χ4n) is 1.48. The lowest BCUT2D eigenvalue weighted by atomic mass is 10.0. The van der Waals surface area contributed by atoms with Crippen LogP contribution >= 0.6 is 11.8 Å². The predicted molar refractivity (Wildman–Crippen MR) is 73.0 cm³/mol. The van der Waals surface area contributed by atoms with E-state index in [0.29, 0.717) is 17.7 Å². The summed E-state index contributed by atoms with van der Waals surface area (Å²) < 4.78 is 37.7. The Labute approximate surface area is 114 Å². The number of carbonyl (C=O) groups is 1. The SMILES string of the molecule is CC(=O)SCCC=Cc1cc(C(F)(F)F)ccc1C. The zero-order valence-electron chi connectivity index (χ0n) is 10.8. The van der Waals surface area contributed by atoms with Gasteiger partial charge in [0.1, 0.15) is 0 Å². The van der Waals surface area contributed by atoms with Gasteiger partial charge in [-0.3, -0.25) is 4.79 Å². The van der Waals surface area contributed by atoms with E-state index in [0.717, 1.165) is 17.7 Å². The van der Waals surface area contributed by atoms with E-state index in [-0.39, 0.29) is 5.12 Å². The van der Waals surface area contributed by atoms with Crippen molar-refractivity contribution in [2.75, 3.05) is 5.75 Å². The standard InChI is InChI=1S/C14H15F3OS/c1-10-6-7-13(14(15,16)17)9-12(10)5-3-4-8-19-11(2)18/h3,5-7,9H,4,8H2,1-2H3. The molecule has 1 rings (SSSR count). The van der Waals surface area contributed by atoms with Crippen molar-refractivity contribution in [2.45, 2.75) is 26.4 Å². The Balaban J connectivity index is 2.72. The Morgan fingerprint density at radius 2 is 2.05 bits per heavy atom. The van der Waals surface area contributed by atoms with Gasteiger partial charge in [0.25, 0.3) is 0 Å². The molecule has 0 aliphatic carbocycles. The van der Waals surface area contributed by atoms with Crippen LogP contribution in [0.15, 0.2) is 24.3 Å². The number of thioether (sulfide) groups is 1. The molecule has 0 N–H and O–H groups in total. The second-order valence-electron chi connectivity index (χ2n) is 4.10. The molecule has 104 valence electrons. The van der Waals surface area contributed by atoms with Crippen LogP contribution in [0.4, 0.5) is 13.2 Å². The highest BCUT2D eigenvalue weighted by molar-refractivity contribution is 8.13. The highest BCUT2D eigenvalue weighted by Gasteiger charge is 2.30. The maximum absolute atomic E-state index is 12.6. The normalized spacial score (nSPS) is 12.1. The summed E-state index contributed by atoms with van der Waals surface area (Å²) >= 11 is 1.21. The summed E-state index contributed by atoms with van der Waals surface area (Å²) in [5.41, 5.74) is 0.710. The molecule has 0 bridgehead atoms. The zero-order valence-corrected chi connectivity index (χ0v) is 11.6. The first-order chi connectivity index (χ1) is 8.80. The quantitative estimate of drug-likeness (QED) is 0.747. The lowest BCUT2D eigenvalue weighted by Gasteiger charge is -2.09. The van der Waals surface area contributed by atoms with E-state index < -0.39 is 11.7 Å². The number of halogens is 3. The molecule has 0 aliphatic rings. The van der Waals surface area contributed by atoms with Crippen LogP contribution in [0.5, 0.6) is 0 Å². The number of benzene rings is 1. The van der Waals surface area contributed by atoms with Crippen LogP contribution in [-0.4, -0.2) is 10.9 Å². The van der Waals surface area contributed by atoms with E-state index >= 15 is 0 Å². The Morgan fingerprint density at radius 1 is 1.37 bits per heavy atom. The highest BCUT2D eigenvalue weighted by atomic mass is 32.2. The minimum Gasteiger partial charge on any atom is -0.288 e. The van der Waals surface area contributed by atoms with Crippen LogP contribution in [0.25, 0.3) is 6.08 Å². The molecule has 0 atom stereocenters. The van der Waals surface area contributed by atoms with E-state index in [4.69, 9.17) is 0 Å². The van der Waals surface area contributed by atoms with Crippen LogP contribution in [-0.2, 0) is 11.0 Å². The van der Waals surface area contributed by atoms with Gasteiger partial charge in [-0.05, 0) is 36.6 Å². The van der Waals surface area contributed by atoms with Crippen LogP contribution in [0.3, 0.4) is 0 Å². The van der Waals surface area contributed by atoms with Gasteiger partial charge in [0, 0.05) is 12.7 Å². The molecule has 0 aliphatic heterocycles. The third kappa shape index (κ3) is 5.51. The third-order valence-electron chi connectivity index (χ3n) is 2.49. The first-order valence-corrected chi connectivity index (χ1v) is 6.77. The van der Waals surface area contributed by atoms with Crippen LogP contribution in [0.2, 0.25) is 0 Å². The Morgan fingerprint density at radius 3 is 2.63 bits per heavy atom. The molecular weight excluding hydrogens is 273 g/mol. The summed E-state index contributed by atoms with van der Waals surface area (Å²) in [5, 5.41) is 0.0450. The molecule has 0 unspecified atom stereocenters. The van der Waals surface area contributed by atoms with Crippen LogP contribution in [0.1, 0.15) is 30.0 Å². The van der Waals surface area contributed by atoms with Gasteiger partial charge in [0.2, 0.25) is 0 Å². The molecular formula is C14H15F3OS. The highest BCUT2D eigenvalue weighted by Crippen LogP contribution is 2.30. The van der Waals surface area contributed by atoms with Gasteiger partial charge in [-0.2, -0.15) is 13.2 Å². The summed E-state index contributed by atoms with van der Waals surface area (Å²) in [5.74, 6) is 0.643. The van der Waals surface area contributed by atoms with Crippen molar-refractivity contribution in [3.8, 4) is 0 Å². The van der Waals surface area contributed by atoms with Gasteiger partial charge < -0.3 is 0 Å². The lowest BCUT2D eigenvalue weighted by molar-refractivity contribution is -0.137. The number of aryl methyl sites for hydroxylation is 1. The van der Waals surface area contributed by atoms with Gasteiger partial charge in [-0.1, -0.05) is 30.0 Å². The predicted octanol–water partition coefficient (Wildman–Crippen LogP) is 4.70. The molecule has 0 saturated heterocycles. The Bertz CT molecular complexity index is 478. The molecule has 19 heavy (non-hydrogen) atoms. The summed E-state index contributed by atoms with van der Waals surface area (Å²) in [6.07, 6.45) is -0.204. The molecule has 1 nitrogen and oxygen atoms in total. The van der Waals surface area contributed by atoms with Crippen molar-refractivity contribution in [1.82, 2.24) is 0 Å². The van der Waals surface area contributed by atoms with E-state index in [1.807, 2.05) is 0 Å². The van der Waals surface area contributed by atoms with E-state index in [1.54, 1.807) is 19.1 Å². The van der Waals surface area contributed by atoms with Gasteiger partial charge >= 0.3 is 6.18 Å². The van der Waals surface area contributed by atoms with Crippen molar-refractivity contribution in [1.29, 1.82) is 0 Å². The van der Waals surface area contributed by atoms with Gasteiger partial charge in [-0.25, -0.2) is 0 Å². The molecule has 0 heterocycles. The van der Waals surface area contributed by atoms with Crippen molar-refractivity contribution in [2.24, 2.45) is 0 Å². The molecule has 0 radical (unpaired) electrons. The third-order valence-corrected chi connectivity index (χ3v) is 3.34. The topological polar surface area (TPSA) is 17.1 Å². The number of carbonyl (C=O) groups excluding carboxylic acids is 1. The average Bonchev–Trinajstić information content (AvgIpc) is 2.29. The van der Waals surface area contributed by atoms with Crippen molar-refractivity contribution in [3.05, 3.63) is 41.0 Å². The number of allylic oxidation sites excluding steroid dienone is 1. The smallest absolute Gasteiger partial charge is 0.288 e. The molecule has 1 aromatic rings. The minimum atomic E-state index is -4.32. The largest absolute Gasteiger partial charge is 0.416 e. The van der Waals surface area contributed by atoms with E-state index in [2.05, 4.69) is 0 Å². The summed E-state index contributed by atoms with van der Waals surface area (Å²) in [7, 11) is 0. The van der Waals surface area contributed by atoms with E-state index in [9.17, 15) is 18.0 Å². The first-order valence-electron chi connectivity index (χ1n) is 5.78. The molecule has 0 spiro atoms. The number of alkyl halides is 3. The summed E-state index contributed by atoms with van der Waals surface area (Å²) in [6.45, 7) is 3.26. The van der Waals surface area contributed by atoms with Crippen molar-refractivity contribution in [3.63, 3.8) is 0 Å². The maximum atomic E-state index is 12.6. The lowest BCUT2D eigenvalue weighted by Crippen LogP contribution is -2.05. The molecule has 5 heteroatoms. The number of hydrogen-bond donors (Lipinski definition) is 0. The van der Waals surface area contributed by atoms with Gasteiger partial charge in [-0.15, -0.1) is 0 Å². The monoisotopic (exact) mass is 288 g/mol. The molecule has 0 fully saturated rings. The van der Waals surface area contributed by atoms with Gasteiger partial charge in [0.15, 0.2) is 5.12 Å². The molecule has 1 aromatic carbocycles. The summed E-state index contributed by atoms with van der Waals surface area (Å²) in [4.78, 5) is 10.7. The van der Waals surface area contributed by atoms with E-state index in [1.165, 1.54) is 24.8 Å². The second-order valence-corrected chi connectivity index (χ2v) is 5.37. The van der Waals surface area contributed by atoms with Crippen LogP contribution in [0, 0.1) is 6.92 Å². The fraction of sp³-hybridized carbons (Fsp3) is 0.357. The number of hydrogen-bond acceptors (Lipinski definition) is 2. The maximum Gasteiger partial charge on any atom is 0.416 e. The first kappa shape index (κ1) is 15.8. The second kappa shape index (κ2) is 6.80. The number of rotatable bonds is 4. The molecule has 0 amide bonds. The van der Waals surface area contributed by atoms with Gasteiger partial charge in [0.05, 0.1) is 5.56 Å². The zero-order chi connectivity index (χ0) is 14.5. The van der Waals surface area contributed by atoms with Crippen molar-refractivity contribution < 1.29 is 18.0 Å². The average molecular weight is 288 g/mol. The Kier molecular flexibility index (Phi) is 5.66. The minimum absolute atomic E-state index is 0.0450. The Hall–Kier alpha value is -1.23.